The molecular formula is C20H21ClFNO2. The molecule has 5 heteroatoms. The molecule has 0 saturated carbocycles. The molecule has 1 saturated heterocycles. The average molecular weight is 362 g/mol. The standard InChI is InChI=1S/C20H21ClFNO2/c1-13-12-16(21)7-10-19(13)25-14(2)20(24)23-11-3-4-18(23)15-5-8-17(22)9-6-15/h5-10,12,14,18H,3-4,11H2,1-2H3. The fourth-order valence-electron chi connectivity index (χ4n) is 3.28. The molecule has 2 aromatic rings. The molecule has 25 heavy (non-hydrogen) atoms. The van der Waals surface area contributed by atoms with Gasteiger partial charge in [0.1, 0.15) is 11.6 Å². The van der Waals surface area contributed by atoms with Crippen LogP contribution in [-0.4, -0.2) is 23.5 Å². The molecule has 2 unspecified atom stereocenters. The number of ether oxygens (including phenoxy) is 1. The summed E-state index contributed by atoms with van der Waals surface area (Å²) >= 11 is 5.96. The zero-order valence-electron chi connectivity index (χ0n) is 14.3. The minimum atomic E-state index is -0.596. The van der Waals surface area contributed by atoms with Gasteiger partial charge in [0.2, 0.25) is 0 Å². The quantitative estimate of drug-likeness (QED) is 0.773. The van der Waals surface area contributed by atoms with Crippen molar-refractivity contribution in [1.82, 2.24) is 4.90 Å². The number of likely N-dealkylation sites (tertiary alicyclic amines) is 1. The van der Waals surface area contributed by atoms with Gasteiger partial charge in [-0.25, -0.2) is 4.39 Å². The predicted molar refractivity (Wildman–Crippen MR) is 96.4 cm³/mol. The lowest BCUT2D eigenvalue weighted by Gasteiger charge is -2.28. The maximum atomic E-state index is 13.2. The second kappa shape index (κ2) is 7.44. The number of amides is 1. The second-order valence-electron chi connectivity index (χ2n) is 6.41. The Balaban J connectivity index is 1.73. The summed E-state index contributed by atoms with van der Waals surface area (Å²) in [6.45, 7) is 4.35. The molecule has 2 aromatic carbocycles. The van der Waals surface area contributed by atoms with Gasteiger partial charge in [0, 0.05) is 11.6 Å². The van der Waals surface area contributed by atoms with Crippen molar-refractivity contribution < 1.29 is 13.9 Å². The van der Waals surface area contributed by atoms with Gasteiger partial charge in [-0.3, -0.25) is 4.79 Å². The van der Waals surface area contributed by atoms with Crippen LogP contribution >= 0.6 is 11.6 Å². The highest BCUT2D eigenvalue weighted by Gasteiger charge is 2.33. The molecule has 132 valence electrons. The number of hydrogen-bond donors (Lipinski definition) is 0. The Morgan fingerprint density at radius 2 is 2.00 bits per heavy atom. The molecule has 0 N–H and O–H groups in total. The van der Waals surface area contributed by atoms with E-state index in [2.05, 4.69) is 0 Å². The van der Waals surface area contributed by atoms with Crippen molar-refractivity contribution in [1.29, 1.82) is 0 Å². The third kappa shape index (κ3) is 3.96. The summed E-state index contributed by atoms with van der Waals surface area (Å²) < 4.78 is 19.0. The smallest absolute Gasteiger partial charge is 0.263 e. The molecule has 2 atom stereocenters. The Hall–Kier alpha value is -2.07. The van der Waals surface area contributed by atoms with Crippen LogP contribution in [0.3, 0.4) is 0 Å². The molecular weight excluding hydrogens is 341 g/mol. The van der Waals surface area contributed by atoms with Gasteiger partial charge in [0.25, 0.3) is 5.91 Å². The van der Waals surface area contributed by atoms with E-state index >= 15 is 0 Å². The summed E-state index contributed by atoms with van der Waals surface area (Å²) in [5, 5.41) is 0.639. The molecule has 0 aromatic heterocycles. The van der Waals surface area contributed by atoms with Gasteiger partial charge in [0.05, 0.1) is 6.04 Å². The molecule has 3 rings (SSSR count). The predicted octanol–water partition coefficient (Wildman–Crippen LogP) is 4.92. The average Bonchev–Trinajstić information content (AvgIpc) is 3.07. The highest BCUT2D eigenvalue weighted by Crippen LogP contribution is 2.33. The van der Waals surface area contributed by atoms with Crippen molar-refractivity contribution in [2.75, 3.05) is 6.54 Å². The number of rotatable bonds is 4. The van der Waals surface area contributed by atoms with Gasteiger partial charge < -0.3 is 9.64 Å². The molecule has 0 radical (unpaired) electrons. The van der Waals surface area contributed by atoms with Crippen LogP contribution in [0.25, 0.3) is 0 Å². The summed E-state index contributed by atoms with van der Waals surface area (Å²) in [4.78, 5) is 14.7. The van der Waals surface area contributed by atoms with Crippen LogP contribution in [0.2, 0.25) is 5.02 Å². The third-order valence-corrected chi connectivity index (χ3v) is 4.81. The number of nitrogens with zero attached hydrogens (tertiary/aromatic N) is 1. The first kappa shape index (κ1) is 17.7. The topological polar surface area (TPSA) is 29.5 Å². The Bertz CT molecular complexity index is 763. The van der Waals surface area contributed by atoms with Crippen molar-refractivity contribution in [3.63, 3.8) is 0 Å². The Morgan fingerprint density at radius 3 is 2.68 bits per heavy atom. The Kier molecular flexibility index (Phi) is 5.28. The van der Waals surface area contributed by atoms with Gasteiger partial charge in [-0.15, -0.1) is 0 Å². The monoisotopic (exact) mass is 361 g/mol. The minimum Gasteiger partial charge on any atom is -0.481 e. The van der Waals surface area contributed by atoms with Gasteiger partial charge in [-0.2, -0.15) is 0 Å². The van der Waals surface area contributed by atoms with Gasteiger partial charge in [0.15, 0.2) is 6.10 Å². The van der Waals surface area contributed by atoms with Crippen molar-refractivity contribution in [2.24, 2.45) is 0 Å². The SMILES string of the molecule is Cc1cc(Cl)ccc1OC(C)C(=O)N1CCCC1c1ccc(F)cc1. The van der Waals surface area contributed by atoms with Crippen molar-refractivity contribution in [3.8, 4) is 5.75 Å². The van der Waals surface area contributed by atoms with Gasteiger partial charge in [-0.1, -0.05) is 23.7 Å². The molecule has 1 amide bonds. The fourth-order valence-corrected chi connectivity index (χ4v) is 3.51. The van der Waals surface area contributed by atoms with E-state index in [1.807, 2.05) is 17.9 Å². The van der Waals surface area contributed by atoms with Crippen LogP contribution in [0.15, 0.2) is 42.5 Å². The molecule has 3 nitrogen and oxygen atoms in total. The number of hydrogen-bond acceptors (Lipinski definition) is 2. The largest absolute Gasteiger partial charge is 0.481 e. The van der Waals surface area contributed by atoms with Gasteiger partial charge in [-0.05, 0) is 68.1 Å². The number of halogens is 2. The summed E-state index contributed by atoms with van der Waals surface area (Å²) in [5.41, 5.74) is 1.85. The van der Waals surface area contributed by atoms with Crippen LogP contribution in [-0.2, 0) is 4.79 Å². The lowest BCUT2D eigenvalue weighted by molar-refractivity contribution is -0.138. The first-order valence-electron chi connectivity index (χ1n) is 8.44. The van der Waals surface area contributed by atoms with E-state index in [0.717, 1.165) is 24.0 Å². The number of carbonyl (C=O) groups excluding carboxylic acids is 1. The number of aryl methyl sites for hydroxylation is 1. The highest BCUT2D eigenvalue weighted by atomic mass is 35.5. The van der Waals surface area contributed by atoms with Crippen molar-refractivity contribution >= 4 is 17.5 Å². The van der Waals surface area contributed by atoms with Crippen LogP contribution in [0, 0.1) is 12.7 Å². The van der Waals surface area contributed by atoms with Gasteiger partial charge >= 0.3 is 0 Å². The van der Waals surface area contributed by atoms with Crippen molar-refractivity contribution in [2.45, 2.75) is 38.8 Å². The lowest BCUT2D eigenvalue weighted by Crippen LogP contribution is -2.40. The first-order chi connectivity index (χ1) is 12.0. The number of carbonyl (C=O) groups is 1. The molecule has 1 aliphatic rings. The van der Waals surface area contributed by atoms with E-state index in [0.29, 0.717) is 17.3 Å². The molecule has 1 fully saturated rings. The van der Waals surface area contributed by atoms with Crippen LogP contribution in [0.4, 0.5) is 4.39 Å². The molecule has 0 aliphatic carbocycles. The molecule has 0 bridgehead atoms. The van der Waals surface area contributed by atoms with Crippen LogP contribution in [0.1, 0.15) is 36.9 Å². The number of benzene rings is 2. The van der Waals surface area contributed by atoms with Crippen molar-refractivity contribution in [3.05, 3.63) is 64.4 Å². The third-order valence-electron chi connectivity index (χ3n) is 4.58. The fraction of sp³-hybridized carbons (Fsp3) is 0.350. The summed E-state index contributed by atoms with van der Waals surface area (Å²) in [5.74, 6) is 0.332. The Labute approximate surface area is 152 Å². The maximum absolute atomic E-state index is 13.2. The second-order valence-corrected chi connectivity index (χ2v) is 6.85. The van der Waals surface area contributed by atoms with E-state index in [4.69, 9.17) is 16.3 Å². The minimum absolute atomic E-state index is 0.0227. The van der Waals surface area contributed by atoms with E-state index in [-0.39, 0.29) is 17.8 Å². The summed E-state index contributed by atoms with van der Waals surface area (Å²) in [6, 6.07) is 11.7. The highest BCUT2D eigenvalue weighted by molar-refractivity contribution is 6.30. The maximum Gasteiger partial charge on any atom is 0.263 e. The van der Waals surface area contributed by atoms with E-state index < -0.39 is 6.10 Å². The molecule has 0 spiro atoms. The lowest BCUT2D eigenvalue weighted by atomic mass is 10.0. The zero-order valence-corrected chi connectivity index (χ0v) is 15.1. The van der Waals surface area contributed by atoms with Crippen LogP contribution in [0.5, 0.6) is 5.75 Å². The van der Waals surface area contributed by atoms with E-state index in [9.17, 15) is 9.18 Å². The first-order valence-corrected chi connectivity index (χ1v) is 8.82. The van der Waals surface area contributed by atoms with E-state index in [1.54, 1.807) is 31.2 Å². The zero-order chi connectivity index (χ0) is 18.0. The normalized spacial score (nSPS) is 18.2. The van der Waals surface area contributed by atoms with E-state index in [1.165, 1.54) is 12.1 Å². The van der Waals surface area contributed by atoms with Crippen LogP contribution < -0.4 is 4.74 Å². The molecule has 1 heterocycles. The molecule has 1 aliphatic heterocycles. The summed E-state index contributed by atoms with van der Waals surface area (Å²) in [6.07, 6.45) is 1.21. The Morgan fingerprint density at radius 1 is 1.28 bits per heavy atom. The summed E-state index contributed by atoms with van der Waals surface area (Å²) in [7, 11) is 0.